The molecule has 0 aromatic heterocycles. The fraction of sp³-hybridized carbons (Fsp3) is 0.667. The van der Waals surface area contributed by atoms with E-state index < -0.39 is 0 Å². The first kappa shape index (κ1) is 18.0. The minimum Gasteiger partial charge on any atom is -0.494 e. The number of rotatable bonds is 10. The second-order valence-electron chi connectivity index (χ2n) is 5.38. The van der Waals surface area contributed by atoms with E-state index in [1.165, 1.54) is 5.56 Å². The summed E-state index contributed by atoms with van der Waals surface area (Å²) in [6, 6.07) is 8.61. The molecular weight excluding hydrogens is 262 g/mol. The maximum atomic E-state index is 5.91. The average Bonchev–Trinajstić information content (AvgIpc) is 2.54. The summed E-state index contributed by atoms with van der Waals surface area (Å²) in [6.45, 7) is 10.3. The lowest BCUT2D eigenvalue weighted by molar-refractivity contribution is -0.0482. The summed E-state index contributed by atoms with van der Waals surface area (Å²) in [4.78, 5) is 0. The van der Waals surface area contributed by atoms with Gasteiger partial charge in [-0.25, -0.2) is 0 Å². The van der Waals surface area contributed by atoms with Crippen molar-refractivity contribution in [1.82, 2.24) is 5.32 Å². The van der Waals surface area contributed by atoms with E-state index in [-0.39, 0.29) is 11.6 Å². The molecule has 0 spiro atoms. The lowest BCUT2D eigenvalue weighted by atomic mass is 9.83. The van der Waals surface area contributed by atoms with Crippen LogP contribution in [0.5, 0.6) is 5.75 Å². The van der Waals surface area contributed by atoms with E-state index in [4.69, 9.17) is 9.47 Å². The lowest BCUT2D eigenvalue weighted by Gasteiger charge is -2.39. The van der Waals surface area contributed by atoms with Gasteiger partial charge < -0.3 is 14.8 Å². The van der Waals surface area contributed by atoms with Crippen LogP contribution in [-0.4, -0.2) is 25.9 Å². The van der Waals surface area contributed by atoms with E-state index in [0.29, 0.717) is 0 Å². The Balaban J connectivity index is 2.99. The Morgan fingerprint density at radius 3 is 2.10 bits per heavy atom. The molecule has 120 valence electrons. The van der Waals surface area contributed by atoms with Gasteiger partial charge in [0.25, 0.3) is 0 Å². The van der Waals surface area contributed by atoms with Crippen LogP contribution in [0.15, 0.2) is 24.3 Å². The van der Waals surface area contributed by atoms with Crippen LogP contribution in [-0.2, 0) is 4.74 Å². The monoisotopic (exact) mass is 293 g/mol. The predicted molar refractivity (Wildman–Crippen MR) is 89.0 cm³/mol. The van der Waals surface area contributed by atoms with Gasteiger partial charge in [0.15, 0.2) is 0 Å². The molecule has 1 unspecified atom stereocenters. The van der Waals surface area contributed by atoms with Gasteiger partial charge in [0.1, 0.15) is 5.75 Å². The number of nitrogens with one attached hydrogen (secondary N) is 1. The highest BCUT2D eigenvalue weighted by Crippen LogP contribution is 2.35. The molecule has 1 N–H and O–H groups in total. The van der Waals surface area contributed by atoms with Crippen molar-refractivity contribution >= 4 is 0 Å². The summed E-state index contributed by atoms with van der Waals surface area (Å²) >= 11 is 0. The first-order chi connectivity index (χ1) is 10.2. The Hall–Kier alpha value is -1.06. The third-order valence-corrected chi connectivity index (χ3v) is 4.22. The molecule has 3 heteroatoms. The van der Waals surface area contributed by atoms with Gasteiger partial charge in [-0.1, -0.05) is 39.8 Å². The zero-order valence-corrected chi connectivity index (χ0v) is 14.2. The average molecular weight is 293 g/mol. The summed E-state index contributed by atoms with van der Waals surface area (Å²) in [5, 5.41) is 3.59. The van der Waals surface area contributed by atoms with E-state index in [2.05, 4.69) is 57.3 Å². The topological polar surface area (TPSA) is 30.5 Å². The van der Waals surface area contributed by atoms with Gasteiger partial charge in [-0.2, -0.15) is 0 Å². The van der Waals surface area contributed by atoms with Gasteiger partial charge >= 0.3 is 0 Å². The van der Waals surface area contributed by atoms with Gasteiger partial charge in [0.2, 0.25) is 0 Å². The molecule has 1 rings (SSSR count). The molecule has 0 amide bonds. The molecule has 0 saturated heterocycles. The van der Waals surface area contributed by atoms with Crippen molar-refractivity contribution in [1.29, 1.82) is 0 Å². The summed E-state index contributed by atoms with van der Waals surface area (Å²) in [6.07, 6.45) is 2.98. The molecule has 21 heavy (non-hydrogen) atoms. The molecule has 0 heterocycles. The minimum atomic E-state index is -0.165. The molecule has 1 aromatic carbocycles. The van der Waals surface area contributed by atoms with Crippen molar-refractivity contribution in [3.63, 3.8) is 0 Å². The molecule has 1 atom stereocenters. The second-order valence-corrected chi connectivity index (χ2v) is 5.38. The molecule has 1 aromatic rings. The molecule has 0 bridgehead atoms. The van der Waals surface area contributed by atoms with Gasteiger partial charge in [0, 0.05) is 7.11 Å². The fourth-order valence-electron chi connectivity index (χ4n) is 2.85. The SMILES string of the molecule is CCCOc1ccc(C(NCC)C(CC)(CC)OC)cc1. The van der Waals surface area contributed by atoms with E-state index in [1.54, 1.807) is 0 Å². The van der Waals surface area contributed by atoms with E-state index in [1.807, 2.05) is 7.11 Å². The first-order valence-corrected chi connectivity index (χ1v) is 8.18. The Labute approximate surface area is 130 Å². The van der Waals surface area contributed by atoms with Crippen LogP contribution in [0.1, 0.15) is 58.6 Å². The van der Waals surface area contributed by atoms with Crippen LogP contribution in [0, 0.1) is 0 Å². The number of benzene rings is 1. The highest BCUT2D eigenvalue weighted by Gasteiger charge is 2.36. The van der Waals surface area contributed by atoms with Gasteiger partial charge in [-0.05, 0) is 43.5 Å². The lowest BCUT2D eigenvalue weighted by Crippen LogP contribution is -2.44. The van der Waals surface area contributed by atoms with Gasteiger partial charge in [-0.3, -0.25) is 0 Å². The zero-order valence-electron chi connectivity index (χ0n) is 14.2. The Bertz CT molecular complexity index is 376. The Kier molecular flexibility index (Phi) is 7.76. The second kappa shape index (κ2) is 9.06. The molecule has 0 saturated carbocycles. The van der Waals surface area contributed by atoms with Crippen molar-refractivity contribution in [2.75, 3.05) is 20.3 Å². The molecule has 0 aliphatic heterocycles. The van der Waals surface area contributed by atoms with Crippen LogP contribution < -0.4 is 10.1 Å². The van der Waals surface area contributed by atoms with E-state index >= 15 is 0 Å². The van der Waals surface area contributed by atoms with Crippen molar-refractivity contribution in [3.8, 4) is 5.75 Å². The summed E-state index contributed by atoms with van der Waals surface area (Å²) in [5.41, 5.74) is 1.09. The molecule has 0 radical (unpaired) electrons. The fourth-order valence-corrected chi connectivity index (χ4v) is 2.85. The minimum absolute atomic E-state index is 0.165. The summed E-state index contributed by atoms with van der Waals surface area (Å²) in [7, 11) is 1.82. The predicted octanol–water partition coefficient (Wildman–Crippen LogP) is 4.33. The van der Waals surface area contributed by atoms with Gasteiger partial charge in [-0.15, -0.1) is 0 Å². The van der Waals surface area contributed by atoms with Crippen molar-refractivity contribution in [2.45, 2.75) is 58.6 Å². The highest BCUT2D eigenvalue weighted by atomic mass is 16.5. The number of hydrogen-bond acceptors (Lipinski definition) is 3. The molecular formula is C18H31NO2. The Morgan fingerprint density at radius 1 is 1.05 bits per heavy atom. The van der Waals surface area contributed by atoms with Crippen LogP contribution in [0.25, 0.3) is 0 Å². The van der Waals surface area contributed by atoms with Crippen LogP contribution in [0.2, 0.25) is 0 Å². The quantitative estimate of drug-likeness (QED) is 0.696. The van der Waals surface area contributed by atoms with Gasteiger partial charge in [0.05, 0.1) is 18.2 Å². The first-order valence-electron chi connectivity index (χ1n) is 8.18. The third-order valence-electron chi connectivity index (χ3n) is 4.22. The van der Waals surface area contributed by atoms with E-state index in [0.717, 1.165) is 38.2 Å². The van der Waals surface area contributed by atoms with Crippen LogP contribution in [0.3, 0.4) is 0 Å². The Morgan fingerprint density at radius 2 is 1.67 bits per heavy atom. The molecule has 0 fully saturated rings. The summed E-state index contributed by atoms with van der Waals surface area (Å²) < 4.78 is 11.6. The number of hydrogen-bond donors (Lipinski definition) is 1. The number of likely N-dealkylation sites (N-methyl/N-ethyl adjacent to an activating group) is 1. The van der Waals surface area contributed by atoms with E-state index in [9.17, 15) is 0 Å². The summed E-state index contributed by atoms with van der Waals surface area (Å²) in [5.74, 6) is 0.937. The smallest absolute Gasteiger partial charge is 0.119 e. The zero-order chi connectivity index (χ0) is 15.7. The maximum Gasteiger partial charge on any atom is 0.119 e. The molecule has 3 nitrogen and oxygen atoms in total. The maximum absolute atomic E-state index is 5.91. The number of ether oxygens (including phenoxy) is 2. The van der Waals surface area contributed by atoms with Crippen LogP contribution in [0.4, 0.5) is 0 Å². The van der Waals surface area contributed by atoms with Crippen molar-refractivity contribution < 1.29 is 9.47 Å². The van der Waals surface area contributed by atoms with Crippen molar-refractivity contribution in [2.24, 2.45) is 0 Å². The van der Waals surface area contributed by atoms with Crippen LogP contribution >= 0.6 is 0 Å². The molecule has 0 aliphatic carbocycles. The largest absolute Gasteiger partial charge is 0.494 e. The standard InChI is InChI=1S/C18H31NO2/c1-6-14-21-16-12-10-15(11-13-16)17(19-9-4)18(7-2,8-3)20-5/h10-13,17,19H,6-9,14H2,1-5H3. The number of methoxy groups -OCH3 is 1. The molecule has 0 aliphatic rings. The van der Waals surface area contributed by atoms with Crippen molar-refractivity contribution in [3.05, 3.63) is 29.8 Å². The highest BCUT2D eigenvalue weighted by molar-refractivity contribution is 5.31. The third kappa shape index (κ3) is 4.45. The normalized spacial score (nSPS) is 13.2.